The maximum Gasteiger partial charge on any atom is 0.326 e. The molecule has 0 fully saturated rings. The minimum Gasteiger partial charge on any atom is -0.451 e. The predicted molar refractivity (Wildman–Crippen MR) is 109 cm³/mol. The topological polar surface area (TPSA) is 73.2 Å². The van der Waals surface area contributed by atoms with Gasteiger partial charge in [-0.2, -0.15) is 0 Å². The molecule has 1 N–H and O–H groups in total. The van der Waals surface area contributed by atoms with Gasteiger partial charge in [-0.1, -0.05) is 36.7 Å². The Kier molecular flexibility index (Phi) is 5.99. The van der Waals surface area contributed by atoms with E-state index in [1.807, 2.05) is 48.7 Å². The molecule has 0 bridgehead atoms. The summed E-state index contributed by atoms with van der Waals surface area (Å²) in [5.74, 6) is -0.113. The Morgan fingerprint density at radius 2 is 2.00 bits per heavy atom. The van der Waals surface area contributed by atoms with Crippen LogP contribution in [-0.4, -0.2) is 27.5 Å². The van der Waals surface area contributed by atoms with Crippen molar-refractivity contribution in [3.8, 4) is 0 Å². The lowest BCUT2D eigenvalue weighted by atomic mass is 10.2. The second-order valence-corrected chi connectivity index (χ2v) is 6.97. The normalized spacial score (nSPS) is 12.0. The third kappa shape index (κ3) is 4.34. The maximum absolute atomic E-state index is 12.4. The Hall–Kier alpha value is -2.86. The molecular formula is C21H22ClN3O3. The number of hydrogen-bond donors (Lipinski definition) is 1. The van der Waals surface area contributed by atoms with Crippen molar-refractivity contribution >= 4 is 40.2 Å². The van der Waals surface area contributed by atoms with Crippen LogP contribution in [0.15, 0.2) is 42.5 Å². The maximum atomic E-state index is 12.4. The number of fused-ring (bicyclic) bond motifs is 1. The Morgan fingerprint density at radius 3 is 2.75 bits per heavy atom. The van der Waals surface area contributed by atoms with Gasteiger partial charge in [0.25, 0.3) is 5.91 Å². The number of amides is 1. The Bertz CT molecular complexity index is 1030. The number of ether oxygens (including phenoxy) is 1. The minimum absolute atomic E-state index is 0.00248. The SMILES string of the molecule is CCc1nc2ccccc2n1CC(=O)OC(C)C(=O)Nc1cc(Cl)ccc1C. The monoisotopic (exact) mass is 399 g/mol. The van der Waals surface area contributed by atoms with Crippen molar-refractivity contribution in [2.45, 2.75) is 39.8 Å². The molecule has 146 valence electrons. The van der Waals surface area contributed by atoms with E-state index in [1.54, 1.807) is 19.1 Å². The number of nitrogens with one attached hydrogen (secondary N) is 1. The molecule has 0 aliphatic carbocycles. The number of imidazole rings is 1. The van der Waals surface area contributed by atoms with Gasteiger partial charge in [0, 0.05) is 17.1 Å². The lowest BCUT2D eigenvalue weighted by Crippen LogP contribution is -2.31. The van der Waals surface area contributed by atoms with E-state index in [1.165, 1.54) is 0 Å². The van der Waals surface area contributed by atoms with Crippen molar-refractivity contribution in [1.82, 2.24) is 9.55 Å². The van der Waals surface area contributed by atoms with Gasteiger partial charge in [-0.15, -0.1) is 0 Å². The van der Waals surface area contributed by atoms with Gasteiger partial charge >= 0.3 is 5.97 Å². The number of halogens is 1. The van der Waals surface area contributed by atoms with E-state index in [9.17, 15) is 9.59 Å². The molecule has 6 nitrogen and oxygen atoms in total. The third-order valence-electron chi connectivity index (χ3n) is 4.47. The summed E-state index contributed by atoms with van der Waals surface area (Å²) in [6.07, 6.45) is -0.253. The molecule has 2 aromatic carbocycles. The Labute approximate surface area is 168 Å². The summed E-state index contributed by atoms with van der Waals surface area (Å²) >= 11 is 5.97. The first-order chi connectivity index (χ1) is 13.4. The molecule has 1 atom stereocenters. The summed E-state index contributed by atoms with van der Waals surface area (Å²) in [6, 6.07) is 12.8. The van der Waals surface area contributed by atoms with E-state index < -0.39 is 18.0 Å². The minimum atomic E-state index is -0.939. The van der Waals surface area contributed by atoms with Gasteiger partial charge in [0.05, 0.1) is 11.0 Å². The van der Waals surface area contributed by atoms with Gasteiger partial charge < -0.3 is 14.6 Å². The first-order valence-electron chi connectivity index (χ1n) is 9.09. The summed E-state index contributed by atoms with van der Waals surface area (Å²) in [5, 5.41) is 3.27. The zero-order chi connectivity index (χ0) is 20.3. The second-order valence-electron chi connectivity index (χ2n) is 6.54. The predicted octanol–water partition coefficient (Wildman–Crippen LogP) is 4.13. The van der Waals surface area contributed by atoms with Crippen LogP contribution in [0.3, 0.4) is 0 Å². The fourth-order valence-corrected chi connectivity index (χ4v) is 3.12. The van der Waals surface area contributed by atoms with E-state index >= 15 is 0 Å². The molecule has 3 rings (SSSR count). The number of para-hydroxylation sites is 2. The van der Waals surface area contributed by atoms with Crippen LogP contribution in [0.4, 0.5) is 5.69 Å². The van der Waals surface area contributed by atoms with Gasteiger partial charge in [0.15, 0.2) is 6.10 Å². The first-order valence-corrected chi connectivity index (χ1v) is 9.47. The molecule has 0 saturated carbocycles. The molecule has 28 heavy (non-hydrogen) atoms. The molecule has 7 heteroatoms. The van der Waals surface area contributed by atoms with Crippen molar-refractivity contribution in [3.63, 3.8) is 0 Å². The molecule has 0 radical (unpaired) electrons. The van der Waals surface area contributed by atoms with Crippen LogP contribution in [-0.2, 0) is 27.3 Å². The third-order valence-corrected chi connectivity index (χ3v) is 4.71. The highest BCUT2D eigenvalue weighted by atomic mass is 35.5. The average Bonchev–Trinajstić information content (AvgIpc) is 3.02. The largest absolute Gasteiger partial charge is 0.451 e. The molecule has 1 amide bonds. The zero-order valence-electron chi connectivity index (χ0n) is 16.0. The molecule has 0 aliphatic heterocycles. The number of rotatable bonds is 6. The number of aryl methyl sites for hydroxylation is 2. The van der Waals surface area contributed by atoms with E-state index in [0.717, 1.165) is 22.4 Å². The Balaban J connectivity index is 1.68. The second kappa shape index (κ2) is 8.44. The van der Waals surface area contributed by atoms with Crippen LogP contribution < -0.4 is 5.32 Å². The number of anilines is 1. The van der Waals surface area contributed by atoms with E-state index in [0.29, 0.717) is 17.1 Å². The number of esters is 1. The number of carbonyl (C=O) groups excluding carboxylic acids is 2. The molecule has 3 aromatic rings. The Morgan fingerprint density at radius 1 is 1.25 bits per heavy atom. The standard InChI is InChI=1S/C21H22ClN3O3/c1-4-19-23-16-7-5-6-8-18(16)25(19)12-20(26)28-14(3)21(27)24-17-11-15(22)10-9-13(17)2/h5-11,14H,4,12H2,1-3H3,(H,24,27). The highest BCUT2D eigenvalue weighted by Crippen LogP contribution is 2.21. The van der Waals surface area contributed by atoms with E-state index in [4.69, 9.17) is 16.3 Å². The number of hydrogen-bond acceptors (Lipinski definition) is 4. The van der Waals surface area contributed by atoms with Crippen LogP contribution in [0.2, 0.25) is 5.02 Å². The molecular weight excluding hydrogens is 378 g/mol. The van der Waals surface area contributed by atoms with Gasteiger partial charge in [-0.3, -0.25) is 9.59 Å². The van der Waals surface area contributed by atoms with Crippen molar-refractivity contribution in [3.05, 3.63) is 58.9 Å². The number of aromatic nitrogens is 2. The fraction of sp³-hybridized carbons (Fsp3) is 0.286. The zero-order valence-corrected chi connectivity index (χ0v) is 16.8. The van der Waals surface area contributed by atoms with Crippen LogP contribution in [0, 0.1) is 6.92 Å². The summed E-state index contributed by atoms with van der Waals surface area (Å²) in [6.45, 7) is 5.38. The highest BCUT2D eigenvalue weighted by molar-refractivity contribution is 6.31. The molecule has 1 heterocycles. The number of carbonyl (C=O) groups is 2. The van der Waals surface area contributed by atoms with E-state index in [2.05, 4.69) is 10.3 Å². The van der Waals surface area contributed by atoms with Crippen molar-refractivity contribution in [1.29, 1.82) is 0 Å². The quantitative estimate of drug-likeness (QED) is 0.632. The van der Waals surface area contributed by atoms with Crippen molar-refractivity contribution in [2.24, 2.45) is 0 Å². The lowest BCUT2D eigenvalue weighted by molar-refractivity contribution is -0.153. The van der Waals surface area contributed by atoms with Crippen molar-refractivity contribution < 1.29 is 14.3 Å². The van der Waals surface area contributed by atoms with Gasteiger partial charge in [-0.05, 0) is 43.7 Å². The number of benzene rings is 2. The molecule has 1 aromatic heterocycles. The van der Waals surface area contributed by atoms with Gasteiger partial charge in [0.2, 0.25) is 0 Å². The summed E-state index contributed by atoms with van der Waals surface area (Å²) in [4.78, 5) is 29.4. The van der Waals surface area contributed by atoms with Crippen LogP contribution in [0.5, 0.6) is 0 Å². The molecule has 1 unspecified atom stereocenters. The molecule has 0 aliphatic rings. The first kappa shape index (κ1) is 19.9. The smallest absolute Gasteiger partial charge is 0.326 e. The highest BCUT2D eigenvalue weighted by Gasteiger charge is 2.20. The van der Waals surface area contributed by atoms with E-state index in [-0.39, 0.29) is 6.54 Å². The van der Waals surface area contributed by atoms with Crippen LogP contribution in [0.1, 0.15) is 25.2 Å². The summed E-state index contributed by atoms with van der Waals surface area (Å²) in [7, 11) is 0. The van der Waals surface area contributed by atoms with Gasteiger partial charge in [0.1, 0.15) is 12.4 Å². The fourth-order valence-electron chi connectivity index (χ4n) is 2.95. The summed E-state index contributed by atoms with van der Waals surface area (Å²) in [5.41, 5.74) is 3.15. The van der Waals surface area contributed by atoms with Gasteiger partial charge in [-0.25, -0.2) is 4.98 Å². The lowest BCUT2D eigenvalue weighted by Gasteiger charge is -2.16. The average molecular weight is 400 g/mol. The molecule has 0 spiro atoms. The molecule has 0 saturated heterocycles. The summed E-state index contributed by atoms with van der Waals surface area (Å²) < 4.78 is 7.17. The number of nitrogens with zero attached hydrogens (tertiary/aromatic N) is 2. The van der Waals surface area contributed by atoms with Crippen LogP contribution in [0.25, 0.3) is 11.0 Å². The van der Waals surface area contributed by atoms with Crippen molar-refractivity contribution in [2.75, 3.05) is 5.32 Å². The van der Waals surface area contributed by atoms with Crippen LogP contribution >= 0.6 is 11.6 Å².